The van der Waals surface area contributed by atoms with Gasteiger partial charge in [0.05, 0.1) is 29.1 Å². The van der Waals surface area contributed by atoms with Crippen molar-refractivity contribution in [3.05, 3.63) is 59.7 Å². The van der Waals surface area contributed by atoms with Crippen LogP contribution in [0.25, 0.3) is 22.3 Å². The van der Waals surface area contributed by atoms with Crippen molar-refractivity contribution >= 4 is 22.8 Å². The van der Waals surface area contributed by atoms with Crippen molar-refractivity contribution in [1.82, 2.24) is 30.2 Å². The first-order chi connectivity index (χ1) is 16.8. The molecule has 4 rings (SSSR count). The quantitative estimate of drug-likeness (QED) is 0.277. The summed E-state index contributed by atoms with van der Waals surface area (Å²) >= 11 is 0. The fourth-order valence-corrected chi connectivity index (χ4v) is 3.45. The maximum absolute atomic E-state index is 13.2. The monoisotopic (exact) mass is 481 g/mol. The molecule has 0 saturated carbocycles. The molecule has 35 heavy (non-hydrogen) atoms. The van der Waals surface area contributed by atoms with E-state index in [2.05, 4.69) is 40.9 Å². The highest BCUT2D eigenvalue weighted by Crippen LogP contribution is 2.35. The van der Waals surface area contributed by atoms with Gasteiger partial charge in [0.2, 0.25) is 5.95 Å². The van der Waals surface area contributed by atoms with E-state index in [0.717, 1.165) is 36.7 Å². The molecule has 0 bridgehead atoms. The van der Waals surface area contributed by atoms with Gasteiger partial charge in [-0.05, 0) is 31.7 Å². The van der Waals surface area contributed by atoms with Gasteiger partial charge in [-0.1, -0.05) is 6.07 Å². The molecule has 4 heterocycles. The smallest absolute Gasteiger partial charge is 0.369 e. The van der Waals surface area contributed by atoms with Crippen molar-refractivity contribution in [2.45, 2.75) is 19.1 Å². The van der Waals surface area contributed by atoms with Gasteiger partial charge >= 0.3 is 6.18 Å². The van der Waals surface area contributed by atoms with E-state index in [0.29, 0.717) is 5.56 Å². The number of likely N-dealkylation sites (N-methyl/N-ethyl adjacent to an activating group) is 1. The molecular weight excluding hydrogens is 459 g/mol. The van der Waals surface area contributed by atoms with Crippen LogP contribution in [0.4, 0.5) is 24.9 Å². The summed E-state index contributed by atoms with van der Waals surface area (Å²) in [5.74, 6) is 0.969. The van der Waals surface area contributed by atoms with E-state index >= 15 is 0 Å². The Morgan fingerprint density at radius 1 is 1.11 bits per heavy atom. The van der Waals surface area contributed by atoms with Crippen molar-refractivity contribution in [3.63, 3.8) is 0 Å². The zero-order valence-corrected chi connectivity index (χ0v) is 18.9. The maximum Gasteiger partial charge on any atom is 0.417 e. The van der Waals surface area contributed by atoms with Crippen molar-refractivity contribution in [2.75, 3.05) is 30.8 Å². The van der Waals surface area contributed by atoms with E-state index in [1.165, 1.54) is 12.4 Å². The lowest BCUT2D eigenvalue weighted by atomic mass is 10.1. The minimum absolute atomic E-state index is 0.125. The van der Waals surface area contributed by atoms with Gasteiger partial charge in [0.15, 0.2) is 0 Å². The number of rotatable bonds is 8. The molecule has 4 aromatic rings. The fraction of sp³-hybridized carbons (Fsp3) is 0.261. The average Bonchev–Trinajstić information content (AvgIpc) is 3.27. The molecule has 0 radical (unpaired) electrons. The summed E-state index contributed by atoms with van der Waals surface area (Å²) in [5.41, 5.74) is 0.901. The van der Waals surface area contributed by atoms with E-state index < -0.39 is 11.7 Å². The molecule has 0 amide bonds. The van der Waals surface area contributed by atoms with Crippen molar-refractivity contribution in [3.8, 4) is 17.3 Å². The second-order valence-corrected chi connectivity index (χ2v) is 7.76. The van der Waals surface area contributed by atoms with Crippen LogP contribution in [0.2, 0.25) is 0 Å². The first-order valence-corrected chi connectivity index (χ1v) is 10.7. The van der Waals surface area contributed by atoms with Gasteiger partial charge in [0.1, 0.15) is 17.5 Å². The zero-order chi connectivity index (χ0) is 25.0. The number of anilines is 2. The molecule has 0 fully saturated rings. The Labute approximate surface area is 198 Å². The van der Waals surface area contributed by atoms with Crippen molar-refractivity contribution < 1.29 is 13.2 Å². The topological polar surface area (TPSA) is 127 Å². The van der Waals surface area contributed by atoms with Crippen LogP contribution >= 0.6 is 0 Å². The number of hydrogen-bond acceptors (Lipinski definition) is 8. The van der Waals surface area contributed by atoms with Crippen molar-refractivity contribution in [1.29, 1.82) is 5.26 Å². The molecule has 1 unspecified atom stereocenters. The molecule has 4 aromatic heterocycles. The van der Waals surface area contributed by atoms with E-state index in [9.17, 15) is 18.4 Å². The van der Waals surface area contributed by atoms with Gasteiger partial charge in [-0.15, -0.1) is 0 Å². The number of aromatic nitrogens is 5. The molecule has 0 aliphatic heterocycles. The van der Waals surface area contributed by atoms with Crippen LogP contribution in [-0.4, -0.2) is 45.1 Å². The van der Waals surface area contributed by atoms with Crippen molar-refractivity contribution in [2.24, 2.45) is 0 Å². The molecule has 180 valence electrons. The highest BCUT2D eigenvalue weighted by molar-refractivity contribution is 5.94. The Kier molecular flexibility index (Phi) is 6.79. The molecule has 1 atom stereocenters. The fourth-order valence-electron chi connectivity index (χ4n) is 3.45. The minimum atomic E-state index is -4.55. The number of fused-ring (bicyclic) bond motifs is 1. The molecule has 4 N–H and O–H groups in total. The predicted molar refractivity (Wildman–Crippen MR) is 126 cm³/mol. The van der Waals surface area contributed by atoms with Crippen LogP contribution in [0.15, 0.2) is 43.0 Å². The number of pyridine rings is 2. The number of nitrogens with zero attached hydrogens (tertiary/aromatic N) is 5. The van der Waals surface area contributed by atoms with E-state index in [1.807, 2.05) is 32.2 Å². The normalized spacial score (nSPS) is 12.3. The first kappa shape index (κ1) is 23.9. The van der Waals surface area contributed by atoms with Gasteiger partial charge < -0.3 is 20.9 Å². The van der Waals surface area contributed by atoms with Gasteiger partial charge in [0, 0.05) is 42.6 Å². The van der Waals surface area contributed by atoms with Crippen LogP contribution in [0.1, 0.15) is 29.7 Å². The van der Waals surface area contributed by atoms with E-state index in [4.69, 9.17) is 0 Å². The number of nitrogens with one attached hydrogen (secondary N) is 4. The summed E-state index contributed by atoms with van der Waals surface area (Å²) in [5, 5.41) is 19.2. The van der Waals surface area contributed by atoms with E-state index in [-0.39, 0.29) is 34.3 Å². The number of halogens is 3. The molecule has 0 spiro atoms. The van der Waals surface area contributed by atoms with Crippen LogP contribution < -0.4 is 16.0 Å². The van der Waals surface area contributed by atoms with E-state index in [1.54, 1.807) is 6.20 Å². The lowest BCUT2D eigenvalue weighted by Gasteiger charge is -2.15. The standard InChI is InChI=1S/C23H22F3N9/c1-13(14-3-4-19(30-9-14)29-6-5-28-2)34-22-33-10-15(8-27)20(35-22)18-12-32-21-17(18)7-16(11-31-21)23(24,25)26/h3-4,7,9-13,28H,5-6H2,1-2H3,(H,29,30)(H,31,32)(H,33,34,35). The third-order valence-corrected chi connectivity index (χ3v) is 5.34. The maximum atomic E-state index is 13.2. The van der Waals surface area contributed by atoms with Crippen LogP contribution in [0, 0.1) is 11.3 Å². The lowest BCUT2D eigenvalue weighted by Crippen LogP contribution is -2.18. The average molecular weight is 481 g/mol. The summed E-state index contributed by atoms with van der Waals surface area (Å²) in [7, 11) is 1.87. The summed E-state index contributed by atoms with van der Waals surface area (Å²) in [6.45, 7) is 3.45. The van der Waals surface area contributed by atoms with Gasteiger partial charge in [-0.25, -0.2) is 19.9 Å². The first-order valence-electron chi connectivity index (χ1n) is 10.7. The molecule has 9 nitrogen and oxygen atoms in total. The SMILES string of the molecule is CNCCNc1ccc(C(C)Nc2ncc(C#N)c(-c3c[nH]c4ncc(C(F)(F)F)cc34)n2)cn1. The molecule has 0 aromatic carbocycles. The second kappa shape index (κ2) is 9.94. The van der Waals surface area contributed by atoms with Gasteiger partial charge in [0.25, 0.3) is 0 Å². The summed E-state index contributed by atoms with van der Waals surface area (Å²) in [4.78, 5) is 19.7. The Hall–Kier alpha value is -4.24. The Balaban J connectivity index is 1.61. The Bertz CT molecular complexity index is 1360. The highest BCUT2D eigenvalue weighted by atomic mass is 19.4. The number of hydrogen-bond donors (Lipinski definition) is 4. The minimum Gasteiger partial charge on any atom is -0.369 e. The predicted octanol–water partition coefficient (Wildman–Crippen LogP) is 4.11. The van der Waals surface area contributed by atoms with Crippen LogP contribution in [-0.2, 0) is 6.18 Å². The Morgan fingerprint density at radius 2 is 1.94 bits per heavy atom. The molecule has 0 saturated heterocycles. The molecule has 0 aliphatic rings. The number of aromatic amines is 1. The Morgan fingerprint density at radius 3 is 2.63 bits per heavy atom. The summed E-state index contributed by atoms with van der Waals surface area (Å²) < 4.78 is 39.7. The van der Waals surface area contributed by atoms with Gasteiger partial charge in [-0.3, -0.25) is 0 Å². The zero-order valence-electron chi connectivity index (χ0n) is 18.9. The highest BCUT2D eigenvalue weighted by Gasteiger charge is 2.31. The number of nitriles is 1. The van der Waals surface area contributed by atoms with Gasteiger partial charge in [-0.2, -0.15) is 18.4 Å². The van der Waals surface area contributed by atoms with Crippen LogP contribution in [0.5, 0.6) is 0 Å². The van der Waals surface area contributed by atoms with Crippen LogP contribution in [0.3, 0.4) is 0 Å². The third-order valence-electron chi connectivity index (χ3n) is 5.34. The third kappa shape index (κ3) is 5.30. The molecule has 0 aliphatic carbocycles. The summed E-state index contributed by atoms with van der Waals surface area (Å²) in [6, 6.07) is 6.55. The summed E-state index contributed by atoms with van der Waals surface area (Å²) in [6.07, 6.45) is 0.766. The second-order valence-electron chi connectivity index (χ2n) is 7.76. The molecular formula is C23H22F3N9. The lowest BCUT2D eigenvalue weighted by molar-refractivity contribution is -0.137. The number of alkyl halides is 3. The molecule has 12 heteroatoms. The number of H-pyrrole nitrogens is 1. The largest absolute Gasteiger partial charge is 0.417 e.